The van der Waals surface area contributed by atoms with Gasteiger partial charge in [-0.05, 0) is 67.3 Å². The second kappa shape index (κ2) is 8.88. The van der Waals surface area contributed by atoms with Crippen molar-refractivity contribution in [1.82, 2.24) is 0 Å². The lowest BCUT2D eigenvalue weighted by Crippen LogP contribution is -1.95. The molecule has 0 radical (unpaired) electrons. The van der Waals surface area contributed by atoms with Crippen LogP contribution in [0.25, 0.3) is 0 Å². The van der Waals surface area contributed by atoms with E-state index < -0.39 is 0 Å². The minimum absolute atomic E-state index is 0.724. The van der Waals surface area contributed by atoms with Crippen molar-refractivity contribution >= 4 is 34.8 Å². The van der Waals surface area contributed by atoms with Gasteiger partial charge < -0.3 is 0 Å². The number of hydrogen-bond acceptors (Lipinski definition) is 2. The van der Waals surface area contributed by atoms with Gasteiger partial charge in [-0.25, -0.2) is 4.99 Å². The Kier molecular flexibility index (Phi) is 6.32. The zero-order valence-corrected chi connectivity index (χ0v) is 16.4. The summed E-state index contributed by atoms with van der Waals surface area (Å²) in [7, 11) is 0. The molecular formula is C23H20ClNS. The van der Waals surface area contributed by atoms with Crippen LogP contribution in [-0.4, -0.2) is 5.71 Å². The fourth-order valence-corrected chi connectivity index (χ4v) is 3.22. The van der Waals surface area contributed by atoms with E-state index in [0.717, 1.165) is 22.0 Å². The molecule has 0 fully saturated rings. The van der Waals surface area contributed by atoms with Gasteiger partial charge in [0.15, 0.2) is 0 Å². The Balaban J connectivity index is 1.88. The van der Waals surface area contributed by atoms with Crippen molar-refractivity contribution in [3.63, 3.8) is 0 Å². The average molecular weight is 378 g/mol. The van der Waals surface area contributed by atoms with Gasteiger partial charge in [0, 0.05) is 15.5 Å². The lowest BCUT2D eigenvalue weighted by Gasteiger charge is -2.04. The number of halogens is 1. The molecule has 3 heteroatoms. The maximum Gasteiger partial charge on any atom is 0.0714 e. The molecule has 0 spiro atoms. The van der Waals surface area contributed by atoms with Crippen LogP contribution in [0.15, 0.2) is 94.2 Å². The van der Waals surface area contributed by atoms with E-state index in [-0.39, 0.29) is 0 Å². The molecule has 0 aliphatic rings. The predicted octanol–water partition coefficient (Wildman–Crippen LogP) is 7.38. The van der Waals surface area contributed by atoms with Gasteiger partial charge in [-0.2, -0.15) is 0 Å². The molecule has 0 amide bonds. The van der Waals surface area contributed by atoms with Crippen molar-refractivity contribution in [2.75, 3.05) is 0 Å². The first kappa shape index (κ1) is 18.5. The van der Waals surface area contributed by atoms with Gasteiger partial charge in [0.2, 0.25) is 0 Å². The van der Waals surface area contributed by atoms with E-state index in [2.05, 4.69) is 61.7 Å². The molecule has 0 saturated heterocycles. The average Bonchev–Trinajstić information content (AvgIpc) is 2.63. The Labute approximate surface area is 164 Å². The standard InChI is InChI=1S/C23H20ClNS/c1-17-6-12-22(13-7-17)26-15-14-23(19-8-10-20(24)11-9-19)25-21-5-3-4-18(2)16-21/h3-16H,1-2H3/b15-14+,25-23-. The van der Waals surface area contributed by atoms with Gasteiger partial charge in [0.1, 0.15) is 0 Å². The molecule has 0 saturated carbocycles. The van der Waals surface area contributed by atoms with Crippen LogP contribution in [0.5, 0.6) is 0 Å². The summed E-state index contributed by atoms with van der Waals surface area (Å²) in [5, 5.41) is 2.80. The highest BCUT2D eigenvalue weighted by Gasteiger charge is 2.02. The van der Waals surface area contributed by atoms with Crippen LogP contribution < -0.4 is 0 Å². The van der Waals surface area contributed by atoms with E-state index in [1.807, 2.05) is 36.4 Å². The Hall–Kier alpha value is -2.29. The highest BCUT2D eigenvalue weighted by Crippen LogP contribution is 2.22. The van der Waals surface area contributed by atoms with Gasteiger partial charge in [-0.3, -0.25) is 0 Å². The molecule has 0 bridgehead atoms. The molecule has 0 aliphatic heterocycles. The van der Waals surface area contributed by atoms with E-state index in [4.69, 9.17) is 16.6 Å². The van der Waals surface area contributed by atoms with E-state index in [1.54, 1.807) is 11.8 Å². The zero-order valence-electron chi connectivity index (χ0n) is 14.8. The van der Waals surface area contributed by atoms with Gasteiger partial charge >= 0.3 is 0 Å². The maximum atomic E-state index is 6.03. The summed E-state index contributed by atoms with van der Waals surface area (Å²) in [4.78, 5) is 6.04. The van der Waals surface area contributed by atoms with Crippen molar-refractivity contribution in [2.24, 2.45) is 4.99 Å². The lowest BCUT2D eigenvalue weighted by atomic mass is 10.1. The lowest BCUT2D eigenvalue weighted by molar-refractivity contribution is 1.38. The van der Waals surface area contributed by atoms with E-state index in [0.29, 0.717) is 0 Å². The second-order valence-corrected chi connectivity index (χ2v) is 7.49. The number of aliphatic imine (C=N–C) groups is 1. The molecule has 130 valence electrons. The summed E-state index contributed by atoms with van der Waals surface area (Å²) in [5.74, 6) is 0. The number of allylic oxidation sites excluding steroid dienone is 1. The highest BCUT2D eigenvalue weighted by molar-refractivity contribution is 8.02. The maximum absolute atomic E-state index is 6.03. The molecule has 0 atom stereocenters. The van der Waals surface area contributed by atoms with Crippen molar-refractivity contribution in [1.29, 1.82) is 0 Å². The minimum atomic E-state index is 0.724. The van der Waals surface area contributed by atoms with Gasteiger partial charge in [-0.1, -0.05) is 65.3 Å². The fourth-order valence-electron chi connectivity index (χ4n) is 2.45. The molecule has 3 aromatic rings. The van der Waals surface area contributed by atoms with E-state index in [9.17, 15) is 0 Å². The van der Waals surface area contributed by atoms with Crippen molar-refractivity contribution < 1.29 is 0 Å². The van der Waals surface area contributed by atoms with Gasteiger partial charge in [0.05, 0.1) is 11.4 Å². The Bertz CT molecular complexity index is 925. The molecular weight excluding hydrogens is 358 g/mol. The van der Waals surface area contributed by atoms with Crippen molar-refractivity contribution in [3.05, 3.63) is 106 Å². The monoisotopic (exact) mass is 377 g/mol. The van der Waals surface area contributed by atoms with Crippen LogP contribution in [0.2, 0.25) is 5.02 Å². The van der Waals surface area contributed by atoms with Crippen LogP contribution in [-0.2, 0) is 0 Å². The number of thioether (sulfide) groups is 1. The van der Waals surface area contributed by atoms with Crippen LogP contribution in [0, 0.1) is 13.8 Å². The molecule has 0 aromatic heterocycles. The van der Waals surface area contributed by atoms with Crippen LogP contribution in [0.1, 0.15) is 16.7 Å². The molecule has 1 nitrogen and oxygen atoms in total. The van der Waals surface area contributed by atoms with Crippen molar-refractivity contribution in [2.45, 2.75) is 18.7 Å². The third-order valence-corrected chi connectivity index (χ3v) is 4.91. The van der Waals surface area contributed by atoms with Crippen LogP contribution in [0.4, 0.5) is 5.69 Å². The number of nitrogens with zero attached hydrogens (tertiary/aromatic N) is 1. The van der Waals surface area contributed by atoms with Gasteiger partial charge in [0.25, 0.3) is 0 Å². The van der Waals surface area contributed by atoms with Crippen molar-refractivity contribution in [3.8, 4) is 0 Å². The first-order chi connectivity index (χ1) is 12.6. The Morgan fingerprint density at radius 3 is 2.31 bits per heavy atom. The summed E-state index contributed by atoms with van der Waals surface area (Å²) in [6.45, 7) is 4.17. The summed E-state index contributed by atoms with van der Waals surface area (Å²) in [5.41, 5.74) is 5.35. The fraction of sp³-hybridized carbons (Fsp3) is 0.0870. The zero-order chi connectivity index (χ0) is 18.4. The molecule has 0 heterocycles. The third-order valence-electron chi connectivity index (χ3n) is 3.84. The number of aryl methyl sites for hydroxylation is 2. The second-order valence-electron chi connectivity index (χ2n) is 6.08. The molecule has 3 aromatic carbocycles. The Morgan fingerprint density at radius 1 is 0.885 bits per heavy atom. The van der Waals surface area contributed by atoms with E-state index in [1.165, 1.54) is 16.0 Å². The Morgan fingerprint density at radius 2 is 1.62 bits per heavy atom. The topological polar surface area (TPSA) is 12.4 Å². The van der Waals surface area contributed by atoms with Gasteiger partial charge in [-0.15, -0.1) is 0 Å². The first-order valence-corrected chi connectivity index (χ1v) is 9.67. The molecule has 26 heavy (non-hydrogen) atoms. The van der Waals surface area contributed by atoms with Crippen LogP contribution in [0.3, 0.4) is 0 Å². The SMILES string of the molecule is Cc1ccc(S/C=C/C(=N/c2cccc(C)c2)c2ccc(Cl)cc2)cc1. The summed E-state index contributed by atoms with van der Waals surface area (Å²) in [6.07, 6.45) is 2.05. The highest BCUT2D eigenvalue weighted by atomic mass is 35.5. The molecule has 0 unspecified atom stereocenters. The summed E-state index contributed by atoms with van der Waals surface area (Å²) < 4.78 is 0. The first-order valence-electron chi connectivity index (χ1n) is 8.41. The minimum Gasteiger partial charge on any atom is -0.248 e. The number of hydrogen-bond donors (Lipinski definition) is 0. The number of rotatable bonds is 5. The normalized spacial score (nSPS) is 11.9. The van der Waals surface area contributed by atoms with Crippen LogP contribution >= 0.6 is 23.4 Å². The number of benzene rings is 3. The summed E-state index contributed by atoms with van der Waals surface area (Å²) >= 11 is 7.71. The largest absolute Gasteiger partial charge is 0.248 e. The van der Waals surface area contributed by atoms with E-state index >= 15 is 0 Å². The predicted molar refractivity (Wildman–Crippen MR) is 115 cm³/mol. The molecule has 0 N–H and O–H groups in total. The summed E-state index contributed by atoms with van der Waals surface area (Å²) in [6, 6.07) is 24.5. The molecule has 0 aliphatic carbocycles. The quantitative estimate of drug-likeness (QED) is 0.333. The third kappa shape index (κ3) is 5.35. The molecule has 3 rings (SSSR count). The smallest absolute Gasteiger partial charge is 0.0714 e.